The number of carboxylic acid groups (broad SMARTS) is 1. The van der Waals surface area contributed by atoms with Gasteiger partial charge in [0.15, 0.2) is 0 Å². The summed E-state index contributed by atoms with van der Waals surface area (Å²) in [5, 5.41) is 11.9. The van der Waals surface area contributed by atoms with Gasteiger partial charge >= 0.3 is 5.97 Å². The van der Waals surface area contributed by atoms with Gasteiger partial charge in [0.05, 0.1) is 5.56 Å². The van der Waals surface area contributed by atoms with Crippen molar-refractivity contribution in [2.45, 2.75) is 6.54 Å². The molecule has 0 unspecified atom stereocenters. The fourth-order valence-corrected chi connectivity index (χ4v) is 2.14. The summed E-state index contributed by atoms with van der Waals surface area (Å²) >= 11 is 3.29. The van der Waals surface area contributed by atoms with Crippen LogP contribution in [0, 0.1) is 5.82 Å². The summed E-state index contributed by atoms with van der Waals surface area (Å²) in [6.45, 7) is 0.331. The van der Waals surface area contributed by atoms with Crippen LogP contribution < -0.4 is 5.32 Å². The van der Waals surface area contributed by atoms with Crippen LogP contribution in [0.3, 0.4) is 0 Å². The summed E-state index contributed by atoms with van der Waals surface area (Å²) in [5.74, 6) is -1.25. The number of halogens is 2. The van der Waals surface area contributed by atoms with Gasteiger partial charge in [-0.15, -0.1) is 0 Å². The van der Waals surface area contributed by atoms with E-state index < -0.39 is 5.97 Å². The summed E-state index contributed by atoms with van der Waals surface area (Å²) in [6, 6.07) is 11.2. The van der Waals surface area contributed by atoms with E-state index in [0.717, 1.165) is 0 Å². The van der Waals surface area contributed by atoms with Gasteiger partial charge in [-0.3, -0.25) is 0 Å². The fraction of sp³-hybridized carbons (Fsp3) is 0.0714. The third kappa shape index (κ3) is 3.32. The van der Waals surface area contributed by atoms with Crippen molar-refractivity contribution in [2.24, 2.45) is 0 Å². The van der Waals surface area contributed by atoms with E-state index in [1.54, 1.807) is 24.3 Å². The molecule has 2 rings (SSSR count). The van der Waals surface area contributed by atoms with Crippen LogP contribution in [0.25, 0.3) is 0 Å². The first-order chi connectivity index (χ1) is 9.08. The lowest BCUT2D eigenvalue weighted by Crippen LogP contribution is -2.03. The Morgan fingerprint density at radius 2 is 2.00 bits per heavy atom. The molecule has 0 spiro atoms. The first kappa shape index (κ1) is 13.5. The van der Waals surface area contributed by atoms with Crippen molar-refractivity contribution in [3.05, 3.63) is 63.9 Å². The van der Waals surface area contributed by atoms with Crippen molar-refractivity contribution in [3.8, 4) is 0 Å². The van der Waals surface area contributed by atoms with Crippen molar-refractivity contribution >= 4 is 27.6 Å². The Kier molecular flexibility index (Phi) is 4.16. The molecule has 19 heavy (non-hydrogen) atoms. The lowest BCUT2D eigenvalue weighted by atomic mass is 10.2. The Bertz CT molecular complexity index is 616. The second-order valence-corrected chi connectivity index (χ2v) is 4.80. The van der Waals surface area contributed by atoms with Gasteiger partial charge in [0.25, 0.3) is 0 Å². The third-order valence-corrected chi connectivity index (χ3v) is 3.30. The van der Waals surface area contributed by atoms with E-state index in [9.17, 15) is 9.18 Å². The highest BCUT2D eigenvalue weighted by atomic mass is 79.9. The number of hydrogen-bond donors (Lipinski definition) is 2. The maximum atomic E-state index is 13.4. The van der Waals surface area contributed by atoms with Gasteiger partial charge in [0, 0.05) is 22.3 Å². The topological polar surface area (TPSA) is 49.3 Å². The Morgan fingerprint density at radius 1 is 1.26 bits per heavy atom. The number of carbonyl (C=O) groups is 1. The molecule has 0 heterocycles. The SMILES string of the molecule is O=C(O)c1ccc(NCc2ccccc2F)c(Br)c1. The molecule has 0 aromatic heterocycles. The summed E-state index contributed by atoms with van der Waals surface area (Å²) in [4.78, 5) is 10.8. The van der Waals surface area contributed by atoms with Gasteiger partial charge in [0.1, 0.15) is 5.82 Å². The lowest BCUT2D eigenvalue weighted by Gasteiger charge is -2.10. The van der Waals surface area contributed by atoms with Crippen LogP contribution in [0.1, 0.15) is 15.9 Å². The quantitative estimate of drug-likeness (QED) is 0.897. The molecule has 0 atom stereocenters. The predicted octanol–water partition coefficient (Wildman–Crippen LogP) is 3.90. The minimum absolute atomic E-state index is 0.198. The molecule has 0 amide bonds. The summed E-state index contributed by atoms with van der Waals surface area (Å²) in [7, 11) is 0. The lowest BCUT2D eigenvalue weighted by molar-refractivity contribution is 0.0697. The van der Waals surface area contributed by atoms with Crippen LogP contribution in [0.5, 0.6) is 0 Å². The van der Waals surface area contributed by atoms with E-state index in [0.29, 0.717) is 22.3 Å². The first-order valence-electron chi connectivity index (χ1n) is 5.58. The van der Waals surface area contributed by atoms with Crippen molar-refractivity contribution in [2.75, 3.05) is 5.32 Å². The van der Waals surface area contributed by atoms with Gasteiger partial charge in [0.2, 0.25) is 0 Å². The molecule has 0 aliphatic heterocycles. The zero-order valence-electron chi connectivity index (χ0n) is 9.86. The van der Waals surface area contributed by atoms with E-state index in [-0.39, 0.29) is 11.4 Å². The molecule has 0 saturated heterocycles. The van der Waals surface area contributed by atoms with E-state index in [1.807, 2.05) is 0 Å². The van der Waals surface area contributed by atoms with E-state index in [1.165, 1.54) is 18.2 Å². The van der Waals surface area contributed by atoms with Crippen molar-refractivity contribution in [1.82, 2.24) is 0 Å². The van der Waals surface area contributed by atoms with E-state index in [2.05, 4.69) is 21.2 Å². The minimum Gasteiger partial charge on any atom is -0.478 e. The molecule has 0 fully saturated rings. The molecule has 2 aromatic carbocycles. The summed E-state index contributed by atoms with van der Waals surface area (Å²) in [6.07, 6.45) is 0. The first-order valence-corrected chi connectivity index (χ1v) is 6.37. The average molecular weight is 324 g/mol. The molecule has 0 saturated carbocycles. The smallest absolute Gasteiger partial charge is 0.335 e. The fourth-order valence-electron chi connectivity index (χ4n) is 1.62. The third-order valence-electron chi connectivity index (χ3n) is 2.64. The molecule has 0 radical (unpaired) electrons. The standard InChI is InChI=1S/C14H11BrFNO2/c15-11-7-9(14(18)19)5-6-13(11)17-8-10-3-1-2-4-12(10)16/h1-7,17H,8H2,(H,18,19). The zero-order chi connectivity index (χ0) is 13.8. The predicted molar refractivity (Wildman–Crippen MR) is 74.8 cm³/mol. The van der Waals surface area contributed by atoms with Crippen LogP contribution in [0.4, 0.5) is 10.1 Å². The zero-order valence-corrected chi connectivity index (χ0v) is 11.4. The molecule has 98 valence electrons. The van der Waals surface area contributed by atoms with Gasteiger partial charge in [-0.1, -0.05) is 18.2 Å². The number of hydrogen-bond acceptors (Lipinski definition) is 2. The van der Waals surface area contributed by atoms with Crippen LogP contribution in [-0.4, -0.2) is 11.1 Å². The minimum atomic E-state index is -0.985. The van der Waals surface area contributed by atoms with Crippen LogP contribution in [0.15, 0.2) is 46.9 Å². The van der Waals surface area contributed by atoms with Crippen molar-refractivity contribution in [1.29, 1.82) is 0 Å². The molecule has 5 heteroatoms. The molecular formula is C14H11BrFNO2. The molecule has 0 bridgehead atoms. The number of carboxylic acids is 1. The number of aromatic carboxylic acids is 1. The highest BCUT2D eigenvalue weighted by Crippen LogP contribution is 2.24. The van der Waals surface area contributed by atoms with Gasteiger partial charge < -0.3 is 10.4 Å². The second kappa shape index (κ2) is 5.84. The maximum Gasteiger partial charge on any atom is 0.335 e. The normalized spacial score (nSPS) is 10.2. The molecule has 0 aliphatic carbocycles. The number of nitrogens with one attached hydrogen (secondary N) is 1. The van der Waals surface area contributed by atoms with Crippen molar-refractivity contribution in [3.63, 3.8) is 0 Å². The number of anilines is 1. The van der Waals surface area contributed by atoms with E-state index >= 15 is 0 Å². The van der Waals surface area contributed by atoms with E-state index in [4.69, 9.17) is 5.11 Å². The van der Waals surface area contributed by atoms with Gasteiger partial charge in [-0.05, 0) is 40.2 Å². The Balaban J connectivity index is 2.12. The Morgan fingerprint density at radius 3 is 2.63 bits per heavy atom. The van der Waals surface area contributed by atoms with Gasteiger partial charge in [-0.25, -0.2) is 9.18 Å². The van der Waals surface area contributed by atoms with Crippen LogP contribution >= 0.6 is 15.9 Å². The van der Waals surface area contributed by atoms with Crippen molar-refractivity contribution < 1.29 is 14.3 Å². The monoisotopic (exact) mass is 323 g/mol. The number of benzene rings is 2. The highest BCUT2D eigenvalue weighted by Gasteiger charge is 2.07. The molecule has 2 N–H and O–H groups in total. The molecule has 0 aliphatic rings. The Hall–Kier alpha value is -1.88. The summed E-state index contributed by atoms with van der Waals surface area (Å²) in [5.41, 5.74) is 1.47. The molecule has 2 aromatic rings. The second-order valence-electron chi connectivity index (χ2n) is 3.94. The largest absolute Gasteiger partial charge is 0.478 e. The highest BCUT2D eigenvalue weighted by molar-refractivity contribution is 9.10. The van der Waals surface area contributed by atoms with Gasteiger partial charge in [-0.2, -0.15) is 0 Å². The average Bonchev–Trinajstić information content (AvgIpc) is 2.39. The van der Waals surface area contributed by atoms with Crippen LogP contribution in [0.2, 0.25) is 0 Å². The summed E-state index contributed by atoms with van der Waals surface area (Å²) < 4.78 is 14.1. The number of rotatable bonds is 4. The molecular weight excluding hydrogens is 313 g/mol. The van der Waals surface area contributed by atoms with Crippen LogP contribution in [-0.2, 0) is 6.54 Å². The maximum absolute atomic E-state index is 13.4. The Labute approximate surface area is 118 Å². The molecule has 3 nitrogen and oxygen atoms in total.